The van der Waals surface area contributed by atoms with Crippen LogP contribution in [0.3, 0.4) is 0 Å². The number of rotatable bonds is 0. The van der Waals surface area contributed by atoms with Crippen LogP contribution < -0.4 is 56.5 Å². The number of carbonyl (C=O) groups is 1. The van der Waals surface area contributed by atoms with Gasteiger partial charge >= 0.3 is 51.4 Å². The molecule has 3 heteroatoms. The van der Waals surface area contributed by atoms with Crippen LogP contribution in [0.5, 0.6) is 0 Å². The minimum Gasteiger partial charge on any atom is -0.850 e. The normalized spacial score (nSPS) is 7.50. The second kappa shape index (κ2) is 43.0. The molecule has 0 atom stereocenters. The van der Waals surface area contributed by atoms with Gasteiger partial charge in [-0.05, 0) is 20.8 Å². The topological polar surface area (TPSA) is 40.1 Å². The van der Waals surface area contributed by atoms with Crippen LogP contribution in [-0.2, 0) is 4.79 Å². The maximum atomic E-state index is 10.1. The van der Waals surface area contributed by atoms with Crippen LogP contribution in [0.25, 0.3) is 0 Å². The van der Waals surface area contributed by atoms with Gasteiger partial charge in [-0.15, -0.1) is 5.60 Å². The van der Waals surface area contributed by atoms with Gasteiger partial charge in [-0.1, -0.05) is 67.0 Å². The quantitative estimate of drug-likeness (QED) is 0.383. The van der Waals surface area contributed by atoms with Crippen LogP contribution in [0, 0.1) is 0 Å². The van der Waals surface area contributed by atoms with E-state index in [1.165, 1.54) is 13.3 Å². The standard InChI is InChI=1S/C4H9O.C4H8.C3H8.C2H4O.C2H6.K/c1-4(2,3)5;1-3-4-2;1-3-2;1-2-3;1-2;/h1-3H3;3-4H,1-2H3;3H2,1-2H3;2H,1H3;1-2H3;/q-1;;;;;+1. The predicted molar refractivity (Wildman–Crippen MR) is 79.3 cm³/mol. The average Bonchev–Trinajstić information content (AvgIpc) is 2.20. The van der Waals surface area contributed by atoms with Crippen LogP contribution >= 0.6 is 0 Å². The molecule has 0 aliphatic rings. The number of carbonyl (C=O) groups excluding carboxylic acids is 1. The van der Waals surface area contributed by atoms with Gasteiger partial charge in [0.2, 0.25) is 0 Å². The SMILES string of the molecule is CC.CC(C)(C)[O-].CC=CC.CC=O.CCC.[K+]. The molecule has 0 N–H and O–H groups in total. The Kier molecular flexibility index (Phi) is 87.0. The molecule has 0 unspecified atom stereocenters. The van der Waals surface area contributed by atoms with Crippen LogP contribution in [0.4, 0.5) is 0 Å². The monoisotopic (exact) mass is 286 g/mol. The number of hydrogen-bond donors (Lipinski definition) is 0. The van der Waals surface area contributed by atoms with Crippen LogP contribution in [0.1, 0.15) is 75.7 Å². The molecule has 0 saturated heterocycles. The zero-order valence-electron chi connectivity index (χ0n) is 14.8. The molecule has 0 aliphatic heterocycles. The predicted octanol–water partition coefficient (Wildman–Crippen LogP) is 1.38. The molecule has 0 bridgehead atoms. The first-order valence-corrected chi connectivity index (χ1v) is 6.42. The fourth-order valence-electron chi connectivity index (χ4n) is 0. The smallest absolute Gasteiger partial charge is 0.850 e. The fourth-order valence-corrected chi connectivity index (χ4v) is 0. The van der Waals surface area contributed by atoms with Crippen molar-refractivity contribution in [2.75, 3.05) is 0 Å². The summed E-state index contributed by atoms with van der Waals surface area (Å²) in [6.07, 6.45) is 6.00. The molecule has 0 radical (unpaired) electrons. The molecule has 0 amide bonds. The zero-order valence-corrected chi connectivity index (χ0v) is 17.9. The van der Waals surface area contributed by atoms with Gasteiger partial charge in [-0.2, -0.15) is 0 Å². The minimum absolute atomic E-state index is 0. The molecule has 0 aromatic rings. The van der Waals surface area contributed by atoms with Gasteiger partial charge in [0, 0.05) is 0 Å². The van der Waals surface area contributed by atoms with Crippen molar-refractivity contribution in [3.8, 4) is 0 Å². The van der Waals surface area contributed by atoms with Crippen molar-refractivity contribution in [3.63, 3.8) is 0 Å². The van der Waals surface area contributed by atoms with E-state index in [4.69, 9.17) is 4.79 Å². The average molecular weight is 287 g/mol. The molecule has 0 aromatic heterocycles. The van der Waals surface area contributed by atoms with E-state index in [2.05, 4.69) is 13.8 Å². The van der Waals surface area contributed by atoms with Gasteiger partial charge in [0.25, 0.3) is 0 Å². The summed E-state index contributed by atoms with van der Waals surface area (Å²) in [5, 5.41) is 10.1. The second-order valence-electron chi connectivity index (χ2n) is 3.72. The van der Waals surface area contributed by atoms with Crippen LogP contribution in [-0.4, -0.2) is 11.9 Å². The van der Waals surface area contributed by atoms with E-state index >= 15 is 0 Å². The summed E-state index contributed by atoms with van der Waals surface area (Å²) < 4.78 is 0. The molecule has 108 valence electrons. The molecule has 0 aromatic carbocycles. The Morgan fingerprint density at radius 1 is 0.944 bits per heavy atom. The molecule has 0 fully saturated rings. The maximum absolute atomic E-state index is 10.1. The van der Waals surface area contributed by atoms with E-state index < -0.39 is 5.60 Å². The molecule has 0 rings (SSSR count). The molecular formula is C15H35KO2. The van der Waals surface area contributed by atoms with E-state index in [0.717, 1.165) is 6.29 Å². The van der Waals surface area contributed by atoms with Crippen molar-refractivity contribution in [2.45, 2.75) is 81.3 Å². The molecular weight excluding hydrogens is 251 g/mol. The molecule has 0 saturated carbocycles. The van der Waals surface area contributed by atoms with Crippen molar-refractivity contribution in [3.05, 3.63) is 12.2 Å². The molecule has 2 nitrogen and oxygen atoms in total. The Morgan fingerprint density at radius 3 is 1.00 bits per heavy atom. The van der Waals surface area contributed by atoms with Crippen LogP contribution in [0.2, 0.25) is 0 Å². The summed E-state index contributed by atoms with van der Waals surface area (Å²) in [5.41, 5.74) is -0.750. The summed E-state index contributed by atoms with van der Waals surface area (Å²) in [5.74, 6) is 0. The number of hydrogen-bond acceptors (Lipinski definition) is 2. The molecule has 0 aliphatic carbocycles. The van der Waals surface area contributed by atoms with Gasteiger partial charge in [-0.25, -0.2) is 0 Å². The summed E-state index contributed by atoms with van der Waals surface area (Å²) in [6.45, 7) is 18.6. The fraction of sp³-hybridized carbons (Fsp3) is 0.800. The minimum atomic E-state index is -0.750. The van der Waals surface area contributed by atoms with Crippen molar-refractivity contribution in [1.82, 2.24) is 0 Å². The molecule has 18 heavy (non-hydrogen) atoms. The van der Waals surface area contributed by atoms with Gasteiger partial charge in [0.1, 0.15) is 6.29 Å². The second-order valence-corrected chi connectivity index (χ2v) is 3.72. The van der Waals surface area contributed by atoms with E-state index in [9.17, 15) is 5.11 Å². The third kappa shape index (κ3) is 1080. The van der Waals surface area contributed by atoms with Crippen molar-refractivity contribution >= 4 is 6.29 Å². The third-order valence-corrected chi connectivity index (χ3v) is 0.333. The van der Waals surface area contributed by atoms with E-state index in [-0.39, 0.29) is 51.4 Å². The van der Waals surface area contributed by atoms with Gasteiger partial charge in [0.15, 0.2) is 0 Å². The number of aldehydes is 1. The first-order valence-electron chi connectivity index (χ1n) is 6.42. The Bertz CT molecular complexity index is 106. The summed E-state index contributed by atoms with van der Waals surface area (Å²) in [4.78, 5) is 8.81. The Morgan fingerprint density at radius 2 is 1.00 bits per heavy atom. The Labute approximate surface area is 159 Å². The van der Waals surface area contributed by atoms with E-state index in [1.807, 2.05) is 39.8 Å². The van der Waals surface area contributed by atoms with Gasteiger partial charge in [-0.3, -0.25) is 0 Å². The maximum Gasteiger partial charge on any atom is 1.00 e. The van der Waals surface area contributed by atoms with Crippen LogP contribution in [0.15, 0.2) is 12.2 Å². The van der Waals surface area contributed by atoms with E-state index in [0.29, 0.717) is 0 Å². The van der Waals surface area contributed by atoms with Crippen molar-refractivity contribution in [1.29, 1.82) is 0 Å². The zero-order chi connectivity index (χ0) is 15.3. The first kappa shape index (κ1) is 36.4. The van der Waals surface area contributed by atoms with E-state index in [1.54, 1.807) is 20.8 Å². The van der Waals surface area contributed by atoms with Gasteiger partial charge in [0.05, 0.1) is 0 Å². The Balaban J connectivity index is -0.0000000255. The molecule has 0 spiro atoms. The van der Waals surface area contributed by atoms with Gasteiger partial charge < -0.3 is 9.90 Å². The summed E-state index contributed by atoms with van der Waals surface area (Å²) in [6, 6.07) is 0. The first-order chi connectivity index (χ1) is 7.74. The Hall–Kier alpha value is 1.01. The summed E-state index contributed by atoms with van der Waals surface area (Å²) >= 11 is 0. The molecule has 0 heterocycles. The summed E-state index contributed by atoms with van der Waals surface area (Å²) in [7, 11) is 0. The van der Waals surface area contributed by atoms with Crippen molar-refractivity contribution < 1.29 is 61.3 Å². The third-order valence-electron chi connectivity index (χ3n) is 0.333. The largest absolute Gasteiger partial charge is 1.00 e. The number of allylic oxidation sites excluding steroid dienone is 2. The van der Waals surface area contributed by atoms with Crippen molar-refractivity contribution in [2.24, 2.45) is 0 Å².